The van der Waals surface area contributed by atoms with Gasteiger partial charge < -0.3 is 14.9 Å². The molecule has 1 saturated heterocycles. The number of allylic oxidation sites excluding steroid dienone is 13. The predicted molar refractivity (Wildman–Crippen MR) is 136 cm³/mol. The molecule has 2 fully saturated rings. The summed E-state index contributed by atoms with van der Waals surface area (Å²) in [5, 5.41) is 23.3. The Morgan fingerprint density at radius 3 is 2.69 bits per heavy atom. The van der Waals surface area contributed by atoms with Crippen LogP contribution in [0.5, 0.6) is 0 Å². The Balaban J connectivity index is 1.40. The van der Waals surface area contributed by atoms with Gasteiger partial charge in [-0.2, -0.15) is 0 Å². The third kappa shape index (κ3) is 2.51. The van der Waals surface area contributed by atoms with Crippen molar-refractivity contribution >= 4 is 5.97 Å². The van der Waals surface area contributed by atoms with E-state index >= 15 is 0 Å². The minimum Gasteiger partial charge on any atom is -0.512 e. The smallest absolute Gasteiger partial charge is 0.310 e. The lowest BCUT2D eigenvalue weighted by molar-refractivity contribution is -0.191. The van der Waals surface area contributed by atoms with Crippen LogP contribution in [0.3, 0.4) is 0 Å². The molecule has 0 bridgehead atoms. The zero-order chi connectivity index (χ0) is 24.2. The molecule has 0 aromatic rings. The summed E-state index contributed by atoms with van der Waals surface area (Å²) < 4.78 is 6.80. The first-order valence-electron chi connectivity index (χ1n) is 13.7. The van der Waals surface area contributed by atoms with Crippen LogP contribution in [0.2, 0.25) is 0 Å². The summed E-state index contributed by atoms with van der Waals surface area (Å²) in [5.41, 5.74) is 1.42. The Bertz CT molecular complexity index is 1270. The minimum atomic E-state index is -0.913. The van der Waals surface area contributed by atoms with Crippen LogP contribution in [-0.4, -0.2) is 27.9 Å². The van der Waals surface area contributed by atoms with E-state index in [1.54, 1.807) is 0 Å². The number of ether oxygens (including phenoxy) is 1. The van der Waals surface area contributed by atoms with Crippen molar-refractivity contribution in [3.8, 4) is 0 Å². The van der Waals surface area contributed by atoms with Gasteiger partial charge in [0.1, 0.15) is 5.60 Å². The number of carbonyl (C=O) groups is 1. The highest BCUT2D eigenvalue weighted by Crippen LogP contribution is 2.68. The Labute approximate surface area is 211 Å². The van der Waals surface area contributed by atoms with Crippen LogP contribution >= 0.6 is 0 Å². The second kappa shape index (κ2) is 7.35. The lowest BCUT2D eigenvalue weighted by Crippen LogP contribution is -2.62. The summed E-state index contributed by atoms with van der Waals surface area (Å²) in [7, 11) is 0. The van der Waals surface area contributed by atoms with E-state index in [0.717, 1.165) is 18.4 Å². The Hall–Kier alpha value is -2.85. The van der Waals surface area contributed by atoms with E-state index in [2.05, 4.69) is 66.8 Å². The van der Waals surface area contributed by atoms with Gasteiger partial charge in [0.05, 0.1) is 23.7 Å². The van der Waals surface area contributed by atoms with Gasteiger partial charge in [-0.15, -0.1) is 0 Å². The normalized spacial score (nSPS) is 50.8. The number of carbonyl (C=O) groups excluding carboxylic acids is 1. The molecule has 0 aromatic carbocycles. The topological polar surface area (TPSA) is 66.8 Å². The van der Waals surface area contributed by atoms with Crippen molar-refractivity contribution in [3.63, 3.8) is 0 Å². The number of esters is 1. The van der Waals surface area contributed by atoms with Crippen LogP contribution < -0.4 is 0 Å². The largest absolute Gasteiger partial charge is 0.512 e. The zero-order valence-corrected chi connectivity index (χ0v) is 20.2. The van der Waals surface area contributed by atoms with Gasteiger partial charge in [0.2, 0.25) is 0 Å². The molecule has 7 aliphatic carbocycles. The van der Waals surface area contributed by atoms with E-state index in [1.165, 1.54) is 5.57 Å². The van der Waals surface area contributed by atoms with Crippen LogP contribution in [0.25, 0.3) is 0 Å². The number of hydrogen-bond acceptors (Lipinski definition) is 4. The number of aliphatic hydroxyl groups excluding tert-OH is 2. The van der Waals surface area contributed by atoms with Crippen molar-refractivity contribution in [2.75, 3.05) is 0 Å². The zero-order valence-electron chi connectivity index (χ0n) is 20.2. The highest BCUT2D eigenvalue weighted by Gasteiger charge is 2.71. The lowest BCUT2D eigenvalue weighted by Gasteiger charge is -2.56. The molecule has 8 rings (SSSR count). The Morgan fingerprint density at radius 2 is 1.78 bits per heavy atom. The highest BCUT2D eigenvalue weighted by molar-refractivity contribution is 5.78. The van der Waals surface area contributed by atoms with Crippen molar-refractivity contribution in [3.05, 3.63) is 95.9 Å². The summed E-state index contributed by atoms with van der Waals surface area (Å²) in [6.45, 7) is 0. The van der Waals surface area contributed by atoms with E-state index in [4.69, 9.17) is 4.74 Å². The summed E-state index contributed by atoms with van der Waals surface area (Å²) in [6.07, 6.45) is 30.0. The number of hydrogen-bond donors (Lipinski definition) is 2. The molecule has 1 saturated carbocycles. The molecular formula is C32H32O4. The monoisotopic (exact) mass is 480 g/mol. The van der Waals surface area contributed by atoms with E-state index in [-0.39, 0.29) is 65.1 Å². The second-order valence-electron chi connectivity index (χ2n) is 12.0. The minimum absolute atomic E-state index is 0.0336. The van der Waals surface area contributed by atoms with E-state index in [9.17, 15) is 15.0 Å². The first-order chi connectivity index (χ1) is 17.6. The number of fused-ring (bicyclic) bond motifs is 9. The van der Waals surface area contributed by atoms with Crippen LogP contribution in [0.15, 0.2) is 95.9 Å². The van der Waals surface area contributed by atoms with Gasteiger partial charge in [0.25, 0.3) is 0 Å². The van der Waals surface area contributed by atoms with Crippen molar-refractivity contribution in [2.45, 2.75) is 31.0 Å². The third-order valence-electron chi connectivity index (χ3n) is 10.6. The molecule has 4 nitrogen and oxygen atoms in total. The van der Waals surface area contributed by atoms with Gasteiger partial charge in [-0.05, 0) is 36.8 Å². The van der Waals surface area contributed by atoms with Gasteiger partial charge in [-0.3, -0.25) is 4.79 Å². The lowest BCUT2D eigenvalue weighted by atomic mass is 9.54. The average Bonchev–Trinajstić information content (AvgIpc) is 3.17. The fourth-order valence-corrected chi connectivity index (χ4v) is 9.36. The van der Waals surface area contributed by atoms with Gasteiger partial charge >= 0.3 is 5.97 Å². The van der Waals surface area contributed by atoms with Crippen LogP contribution in [0.4, 0.5) is 0 Å². The highest BCUT2D eigenvalue weighted by atomic mass is 16.6. The second-order valence-corrected chi connectivity index (χ2v) is 12.0. The molecule has 1 heterocycles. The molecule has 0 amide bonds. The van der Waals surface area contributed by atoms with E-state index in [1.807, 2.05) is 12.2 Å². The molecule has 184 valence electrons. The molecule has 12 atom stereocenters. The van der Waals surface area contributed by atoms with Crippen LogP contribution in [0, 0.1) is 59.2 Å². The van der Waals surface area contributed by atoms with E-state index < -0.39 is 11.7 Å². The third-order valence-corrected chi connectivity index (χ3v) is 10.6. The molecule has 1 aliphatic heterocycles. The van der Waals surface area contributed by atoms with Crippen molar-refractivity contribution < 1.29 is 19.7 Å². The molecule has 2 N–H and O–H groups in total. The quantitative estimate of drug-likeness (QED) is 0.372. The SMILES string of the molecule is O=C1OC2(C3=CC=CC4C=CCC1C34)C1C(=CC3C=CC=CC3C1O)C1C=C(O)C3CCC=CC3C12. The molecule has 36 heavy (non-hydrogen) atoms. The number of aliphatic hydroxyl groups is 2. The van der Waals surface area contributed by atoms with Gasteiger partial charge in [0, 0.05) is 41.4 Å². The molecule has 8 aliphatic rings. The summed E-state index contributed by atoms with van der Waals surface area (Å²) in [4.78, 5) is 13.9. The maximum Gasteiger partial charge on any atom is 0.310 e. The molecule has 1 spiro atoms. The molecule has 0 aromatic heterocycles. The Morgan fingerprint density at radius 1 is 0.917 bits per heavy atom. The molecule has 12 unspecified atom stereocenters. The summed E-state index contributed by atoms with van der Waals surface area (Å²) >= 11 is 0. The van der Waals surface area contributed by atoms with Gasteiger partial charge in [-0.1, -0.05) is 78.5 Å². The average molecular weight is 481 g/mol. The molecular weight excluding hydrogens is 448 g/mol. The van der Waals surface area contributed by atoms with Crippen LogP contribution in [0.1, 0.15) is 19.3 Å². The van der Waals surface area contributed by atoms with Crippen LogP contribution in [-0.2, 0) is 9.53 Å². The van der Waals surface area contributed by atoms with Crippen molar-refractivity contribution in [2.24, 2.45) is 59.2 Å². The van der Waals surface area contributed by atoms with Crippen molar-refractivity contribution in [1.82, 2.24) is 0 Å². The molecule has 0 radical (unpaired) electrons. The fraction of sp³-hybridized carbons (Fsp3) is 0.469. The first-order valence-corrected chi connectivity index (χ1v) is 13.7. The maximum absolute atomic E-state index is 13.9. The molecule has 4 heteroatoms. The standard InChI is InChI=1S/C32H32O4/c33-26-16-24-23-15-18-7-1-2-10-19(18)30(34)29(23)32(28(24)21-12-4-3-11-20(21)26)25-14-6-9-17-8-5-13-22(27(17)25)31(35)36-32/h1-2,4-10,12,14-22,24,27-30,33-34H,3,11,13H2. The predicted octanol–water partition coefficient (Wildman–Crippen LogP) is 5.15. The summed E-state index contributed by atoms with van der Waals surface area (Å²) in [6, 6.07) is 0. The Kier molecular flexibility index (Phi) is 4.34. The number of rotatable bonds is 0. The maximum atomic E-state index is 13.9. The first kappa shape index (κ1) is 21.3. The van der Waals surface area contributed by atoms with E-state index in [0.29, 0.717) is 12.2 Å². The fourth-order valence-electron chi connectivity index (χ4n) is 9.36. The van der Waals surface area contributed by atoms with Gasteiger partial charge in [0.15, 0.2) is 0 Å². The van der Waals surface area contributed by atoms with Crippen molar-refractivity contribution in [1.29, 1.82) is 0 Å². The van der Waals surface area contributed by atoms with Gasteiger partial charge in [-0.25, -0.2) is 0 Å². The summed E-state index contributed by atoms with van der Waals surface area (Å²) in [5.74, 6) is 0.149.